The Labute approximate surface area is 171 Å². The van der Waals surface area contributed by atoms with E-state index in [1.165, 1.54) is 0 Å². The normalized spacial score (nSPS) is 14.8. The average Bonchev–Trinajstić information content (AvgIpc) is 3.07. The van der Waals surface area contributed by atoms with Crippen LogP contribution < -0.4 is 10.2 Å². The molecule has 2 aromatic heterocycles. The lowest BCUT2D eigenvalue weighted by atomic mass is 9.95. The molecule has 0 bridgehead atoms. The smallest absolute Gasteiger partial charge is 0.227 e. The third kappa shape index (κ3) is 4.31. The molecule has 1 amide bonds. The summed E-state index contributed by atoms with van der Waals surface area (Å²) in [7, 11) is 0. The molecule has 6 heteroatoms. The number of nitrogens with zero attached hydrogens (tertiary/aromatic N) is 3. The largest absolute Gasteiger partial charge is 0.441 e. The highest BCUT2D eigenvalue weighted by Gasteiger charge is 2.25. The summed E-state index contributed by atoms with van der Waals surface area (Å²) in [5, 5.41) is 3.06. The Morgan fingerprint density at radius 1 is 1.14 bits per heavy atom. The molecule has 0 atom stereocenters. The highest BCUT2D eigenvalue weighted by Crippen LogP contribution is 2.26. The van der Waals surface area contributed by atoms with Crippen molar-refractivity contribution in [3.05, 3.63) is 59.6 Å². The van der Waals surface area contributed by atoms with Gasteiger partial charge in [0.2, 0.25) is 11.8 Å². The molecule has 6 nitrogen and oxygen atoms in total. The standard InChI is InChI=1S/C23H26N4O2/c1-15-7-8-21(24-14-15)27-11-9-18(10-12-27)22(28)26-20-6-4-5-19(13-20)23-25-16(2)17(3)29-23/h4-8,13-14,18H,9-12H2,1-3H3,(H,26,28). The van der Waals surface area contributed by atoms with Crippen LogP contribution in [0.2, 0.25) is 0 Å². The number of carbonyl (C=O) groups is 1. The van der Waals surface area contributed by atoms with Gasteiger partial charge in [0, 0.05) is 36.5 Å². The Balaban J connectivity index is 1.37. The van der Waals surface area contributed by atoms with Gasteiger partial charge in [-0.25, -0.2) is 9.97 Å². The lowest BCUT2D eigenvalue weighted by Crippen LogP contribution is -2.38. The molecule has 29 heavy (non-hydrogen) atoms. The third-order valence-corrected chi connectivity index (χ3v) is 5.49. The first-order valence-electron chi connectivity index (χ1n) is 10.0. The summed E-state index contributed by atoms with van der Waals surface area (Å²) in [6.45, 7) is 7.53. The molecular formula is C23H26N4O2. The molecule has 1 N–H and O–H groups in total. The summed E-state index contributed by atoms with van der Waals surface area (Å²) in [6, 6.07) is 11.8. The Hall–Kier alpha value is -3.15. The molecule has 4 rings (SSSR count). The Morgan fingerprint density at radius 3 is 2.59 bits per heavy atom. The fourth-order valence-electron chi connectivity index (χ4n) is 3.59. The fraction of sp³-hybridized carbons (Fsp3) is 0.348. The number of carbonyl (C=O) groups excluding carboxylic acids is 1. The number of piperidine rings is 1. The zero-order valence-corrected chi connectivity index (χ0v) is 17.1. The van der Waals surface area contributed by atoms with Crippen molar-refractivity contribution in [2.45, 2.75) is 33.6 Å². The van der Waals surface area contributed by atoms with Crippen molar-refractivity contribution >= 4 is 17.4 Å². The number of hydrogen-bond donors (Lipinski definition) is 1. The number of amides is 1. The number of nitrogens with one attached hydrogen (secondary N) is 1. The molecule has 1 saturated heterocycles. The van der Waals surface area contributed by atoms with E-state index in [1.54, 1.807) is 0 Å². The van der Waals surface area contributed by atoms with Crippen LogP contribution in [0.25, 0.3) is 11.5 Å². The predicted molar refractivity (Wildman–Crippen MR) is 114 cm³/mol. The van der Waals surface area contributed by atoms with E-state index in [2.05, 4.69) is 26.3 Å². The van der Waals surface area contributed by atoms with Gasteiger partial charge in [-0.1, -0.05) is 12.1 Å². The molecule has 1 aromatic carbocycles. The molecule has 0 unspecified atom stereocenters. The van der Waals surface area contributed by atoms with Crippen molar-refractivity contribution < 1.29 is 9.21 Å². The van der Waals surface area contributed by atoms with Crippen LogP contribution in [-0.2, 0) is 4.79 Å². The predicted octanol–water partition coefficient (Wildman–Crippen LogP) is 4.52. The second-order valence-corrected chi connectivity index (χ2v) is 7.69. The lowest BCUT2D eigenvalue weighted by molar-refractivity contribution is -0.120. The van der Waals surface area contributed by atoms with Crippen LogP contribution in [0.15, 0.2) is 47.0 Å². The number of anilines is 2. The van der Waals surface area contributed by atoms with E-state index in [1.807, 2.05) is 57.3 Å². The summed E-state index contributed by atoms with van der Waals surface area (Å²) in [5.41, 5.74) is 3.66. The van der Waals surface area contributed by atoms with Crippen LogP contribution in [0.4, 0.5) is 11.5 Å². The maximum atomic E-state index is 12.8. The summed E-state index contributed by atoms with van der Waals surface area (Å²) < 4.78 is 5.70. The highest BCUT2D eigenvalue weighted by molar-refractivity contribution is 5.93. The highest BCUT2D eigenvalue weighted by atomic mass is 16.4. The van der Waals surface area contributed by atoms with E-state index < -0.39 is 0 Å². The van der Waals surface area contributed by atoms with Crippen molar-refractivity contribution in [2.75, 3.05) is 23.3 Å². The first kappa shape index (κ1) is 19.2. The lowest BCUT2D eigenvalue weighted by Gasteiger charge is -2.32. The van der Waals surface area contributed by atoms with Gasteiger partial charge in [-0.2, -0.15) is 0 Å². The van der Waals surface area contributed by atoms with Crippen molar-refractivity contribution in [3.8, 4) is 11.5 Å². The van der Waals surface area contributed by atoms with Crippen LogP contribution in [0, 0.1) is 26.7 Å². The monoisotopic (exact) mass is 390 g/mol. The number of oxazole rings is 1. The van der Waals surface area contributed by atoms with Crippen molar-refractivity contribution in [1.29, 1.82) is 0 Å². The van der Waals surface area contributed by atoms with Gasteiger partial charge in [-0.05, 0) is 63.4 Å². The van der Waals surface area contributed by atoms with Crippen LogP contribution in [0.5, 0.6) is 0 Å². The fourth-order valence-corrected chi connectivity index (χ4v) is 3.59. The Kier molecular flexibility index (Phi) is 5.34. The maximum absolute atomic E-state index is 12.8. The van der Waals surface area contributed by atoms with Crippen molar-refractivity contribution in [1.82, 2.24) is 9.97 Å². The van der Waals surface area contributed by atoms with E-state index >= 15 is 0 Å². The number of rotatable bonds is 4. The molecule has 3 heterocycles. The Morgan fingerprint density at radius 2 is 1.93 bits per heavy atom. The summed E-state index contributed by atoms with van der Waals surface area (Å²) >= 11 is 0. The van der Waals surface area contributed by atoms with E-state index in [-0.39, 0.29) is 11.8 Å². The SMILES string of the molecule is Cc1ccc(N2CCC(C(=O)Nc3cccc(-c4nc(C)c(C)o4)c3)CC2)nc1. The van der Waals surface area contributed by atoms with Gasteiger partial charge in [0.1, 0.15) is 11.6 Å². The number of hydrogen-bond acceptors (Lipinski definition) is 5. The van der Waals surface area contributed by atoms with Gasteiger partial charge < -0.3 is 14.6 Å². The minimum Gasteiger partial charge on any atom is -0.441 e. The summed E-state index contributed by atoms with van der Waals surface area (Å²) in [6.07, 6.45) is 3.52. The molecule has 0 radical (unpaired) electrons. The summed E-state index contributed by atoms with van der Waals surface area (Å²) in [4.78, 5) is 24.0. The number of aromatic nitrogens is 2. The molecular weight excluding hydrogens is 364 g/mol. The minimum atomic E-state index is 0.00609. The van der Waals surface area contributed by atoms with Crippen molar-refractivity contribution in [2.24, 2.45) is 5.92 Å². The van der Waals surface area contributed by atoms with E-state index in [4.69, 9.17) is 4.42 Å². The van der Waals surface area contributed by atoms with Crippen LogP contribution >= 0.6 is 0 Å². The third-order valence-electron chi connectivity index (χ3n) is 5.49. The topological polar surface area (TPSA) is 71.3 Å². The number of pyridine rings is 1. The van der Waals surface area contributed by atoms with Crippen molar-refractivity contribution in [3.63, 3.8) is 0 Å². The van der Waals surface area contributed by atoms with Gasteiger partial charge in [0.05, 0.1) is 5.69 Å². The van der Waals surface area contributed by atoms with Crippen LogP contribution in [0.1, 0.15) is 29.9 Å². The van der Waals surface area contributed by atoms with Gasteiger partial charge in [0.25, 0.3) is 0 Å². The molecule has 0 spiro atoms. The zero-order valence-electron chi connectivity index (χ0n) is 17.1. The second-order valence-electron chi connectivity index (χ2n) is 7.69. The average molecular weight is 390 g/mol. The zero-order chi connectivity index (χ0) is 20.4. The first-order chi connectivity index (χ1) is 14.0. The van der Waals surface area contributed by atoms with Gasteiger partial charge >= 0.3 is 0 Å². The molecule has 150 valence electrons. The molecule has 0 saturated carbocycles. The van der Waals surface area contributed by atoms with Crippen LogP contribution in [0.3, 0.4) is 0 Å². The van der Waals surface area contributed by atoms with Gasteiger partial charge in [-0.15, -0.1) is 0 Å². The number of aryl methyl sites for hydroxylation is 3. The van der Waals surface area contributed by atoms with E-state index in [0.29, 0.717) is 5.89 Å². The second kappa shape index (κ2) is 8.07. The molecule has 1 aliphatic heterocycles. The minimum absolute atomic E-state index is 0.00609. The summed E-state index contributed by atoms with van der Waals surface area (Å²) in [5.74, 6) is 2.45. The molecule has 3 aromatic rings. The molecule has 0 aliphatic carbocycles. The first-order valence-corrected chi connectivity index (χ1v) is 10.0. The quantitative estimate of drug-likeness (QED) is 0.709. The maximum Gasteiger partial charge on any atom is 0.227 e. The number of benzene rings is 1. The van der Waals surface area contributed by atoms with Crippen LogP contribution in [-0.4, -0.2) is 29.0 Å². The van der Waals surface area contributed by atoms with Gasteiger partial charge in [-0.3, -0.25) is 4.79 Å². The molecule has 1 fully saturated rings. The Bertz CT molecular complexity index is 982. The van der Waals surface area contributed by atoms with Gasteiger partial charge in [0.15, 0.2) is 0 Å². The molecule has 1 aliphatic rings. The van der Waals surface area contributed by atoms with E-state index in [9.17, 15) is 4.79 Å². The van der Waals surface area contributed by atoms with E-state index in [0.717, 1.165) is 60.0 Å².